The molecule has 0 heterocycles. The monoisotopic (exact) mass is 762 g/mol. The van der Waals surface area contributed by atoms with Crippen LogP contribution in [0.3, 0.4) is 0 Å². The zero-order valence-electron chi connectivity index (χ0n) is 34.5. The van der Waals surface area contributed by atoms with Crippen LogP contribution in [0, 0.1) is 0 Å². The second-order valence-corrected chi connectivity index (χ2v) is 26.4. The van der Waals surface area contributed by atoms with Gasteiger partial charge in [0.2, 0.25) is 0 Å². The summed E-state index contributed by atoms with van der Waals surface area (Å²) in [5.41, 5.74) is 0. The number of unbranched alkanes of at least 4 members (excludes halogenated alkanes) is 32. The molecule has 0 bridgehead atoms. The van der Waals surface area contributed by atoms with Gasteiger partial charge < -0.3 is 0 Å². The second kappa shape index (κ2) is 39.0. The number of rotatable bonds is 42. The van der Waals surface area contributed by atoms with Crippen LogP contribution in [0.25, 0.3) is 0 Å². The lowest BCUT2D eigenvalue weighted by Crippen LogP contribution is -2.17. The van der Waals surface area contributed by atoms with E-state index < -0.39 is 12.4 Å². The van der Waals surface area contributed by atoms with E-state index in [-0.39, 0.29) is 0 Å². The number of nitrogens with one attached hydrogen (secondary N) is 1. The van der Waals surface area contributed by atoms with Gasteiger partial charge in [-0.15, -0.1) is 0 Å². The molecule has 0 spiro atoms. The van der Waals surface area contributed by atoms with Crippen molar-refractivity contribution in [1.82, 2.24) is 4.86 Å². The Bertz CT molecular complexity index is 630. The highest BCUT2D eigenvalue weighted by atomic mass is 32.5. The molecule has 0 amide bonds. The Morgan fingerprint density at radius 2 is 0.388 bits per heavy atom. The van der Waals surface area contributed by atoms with E-state index in [0.717, 1.165) is 0 Å². The molecule has 0 aliphatic carbocycles. The molecule has 0 aliphatic heterocycles. The van der Waals surface area contributed by atoms with E-state index in [2.05, 4.69) is 32.6 Å². The molecule has 49 heavy (non-hydrogen) atoms. The first-order valence-corrected chi connectivity index (χ1v) is 29.3. The molecule has 0 atom stereocenters. The fourth-order valence-corrected chi connectivity index (χ4v) is 19.9. The minimum atomic E-state index is -1.61. The average molecular weight is 762 g/mol. The topological polar surface area (TPSA) is 12.0 Å². The third kappa shape index (κ3) is 36.0. The van der Waals surface area contributed by atoms with Gasteiger partial charge in [-0.25, -0.2) is 0 Å². The van der Waals surface area contributed by atoms with Crippen molar-refractivity contribution in [3.8, 4) is 0 Å². The van der Waals surface area contributed by atoms with Gasteiger partial charge in [-0.05, 0) is 50.3 Å². The molecule has 0 fully saturated rings. The standard InChI is InChI=1S/C44H93NP2S2/c1-5-9-13-17-21-25-29-33-37-41-46(48,42-38-34-30-26-22-18-14-10-6-2)45-47(49,43-39-35-31-27-23-19-15-11-7-3)44-40-36-32-28-24-20-16-12-8-4/h5-44H2,1-4H3,(H,45,48,49). The van der Waals surface area contributed by atoms with Crippen molar-refractivity contribution in [1.29, 1.82) is 0 Å². The van der Waals surface area contributed by atoms with Gasteiger partial charge >= 0.3 is 0 Å². The van der Waals surface area contributed by atoms with Gasteiger partial charge in [0, 0.05) is 12.4 Å². The van der Waals surface area contributed by atoms with E-state index in [0.29, 0.717) is 0 Å². The summed E-state index contributed by atoms with van der Waals surface area (Å²) in [4.78, 5) is 4.36. The van der Waals surface area contributed by atoms with Crippen LogP contribution in [-0.4, -0.2) is 24.6 Å². The van der Waals surface area contributed by atoms with Crippen LogP contribution in [0.2, 0.25) is 0 Å². The molecular weight excluding hydrogens is 669 g/mol. The van der Waals surface area contributed by atoms with E-state index in [1.807, 2.05) is 0 Å². The molecule has 0 radical (unpaired) electrons. The Morgan fingerprint density at radius 1 is 0.245 bits per heavy atom. The first-order valence-electron chi connectivity index (χ1n) is 22.9. The lowest BCUT2D eigenvalue weighted by molar-refractivity contribution is 0.570. The predicted molar refractivity (Wildman–Crippen MR) is 240 cm³/mol. The molecule has 1 N–H and O–H groups in total. The largest absolute Gasteiger partial charge is 0.259 e. The Morgan fingerprint density at radius 3 is 0.551 bits per heavy atom. The molecule has 0 unspecified atom stereocenters. The summed E-state index contributed by atoms with van der Waals surface area (Å²) < 4.78 is 0. The van der Waals surface area contributed by atoms with Gasteiger partial charge in [0.05, 0.1) is 0 Å². The Kier molecular flexibility index (Phi) is 40.0. The van der Waals surface area contributed by atoms with Gasteiger partial charge in [0.15, 0.2) is 0 Å². The van der Waals surface area contributed by atoms with Crippen LogP contribution in [0.5, 0.6) is 0 Å². The van der Waals surface area contributed by atoms with Crippen LogP contribution < -0.4 is 4.86 Å². The molecular formula is C44H93NP2S2. The molecule has 0 rings (SSSR count). The molecule has 0 aromatic rings. The molecule has 5 heteroatoms. The Hall–Kier alpha value is 1.26. The van der Waals surface area contributed by atoms with E-state index in [4.69, 9.17) is 23.6 Å². The third-order valence-corrected chi connectivity index (χ3v) is 21.6. The summed E-state index contributed by atoms with van der Waals surface area (Å²) in [7, 11) is 0. The Balaban J connectivity index is 5.10. The van der Waals surface area contributed by atoms with Crippen molar-refractivity contribution in [3.05, 3.63) is 0 Å². The van der Waals surface area contributed by atoms with Crippen molar-refractivity contribution in [2.75, 3.05) is 24.6 Å². The van der Waals surface area contributed by atoms with Crippen LogP contribution >= 0.6 is 12.4 Å². The average Bonchev–Trinajstić information content (AvgIpc) is 3.09. The van der Waals surface area contributed by atoms with Crippen molar-refractivity contribution in [3.63, 3.8) is 0 Å². The minimum absolute atomic E-state index is 1.27. The summed E-state index contributed by atoms with van der Waals surface area (Å²) in [5.74, 6) is 0. The van der Waals surface area contributed by atoms with Crippen LogP contribution in [0.15, 0.2) is 0 Å². The van der Waals surface area contributed by atoms with E-state index >= 15 is 0 Å². The van der Waals surface area contributed by atoms with Gasteiger partial charge in [-0.1, -0.05) is 257 Å². The summed E-state index contributed by atoms with van der Waals surface area (Å²) in [6, 6.07) is 0. The normalized spacial score (nSPS) is 12.3. The van der Waals surface area contributed by atoms with Gasteiger partial charge in [0.25, 0.3) is 0 Å². The maximum atomic E-state index is 6.75. The predicted octanol–water partition coefficient (Wildman–Crippen LogP) is 17.5. The quantitative estimate of drug-likeness (QED) is 0.0491. The Labute approximate surface area is 322 Å². The molecule has 296 valence electrons. The minimum Gasteiger partial charge on any atom is -0.259 e. The van der Waals surface area contributed by atoms with E-state index in [9.17, 15) is 0 Å². The van der Waals surface area contributed by atoms with Crippen molar-refractivity contribution < 1.29 is 0 Å². The number of hydrogen-bond donors (Lipinski definition) is 1. The zero-order valence-corrected chi connectivity index (χ0v) is 37.9. The molecule has 0 saturated heterocycles. The maximum Gasteiger partial charge on any atom is 0.0164 e. The number of hydrogen-bond acceptors (Lipinski definition) is 2. The summed E-state index contributed by atoms with van der Waals surface area (Å²) in [5, 5.41) is 0. The zero-order chi connectivity index (χ0) is 36.0. The van der Waals surface area contributed by atoms with Crippen molar-refractivity contribution in [2.45, 2.75) is 259 Å². The summed E-state index contributed by atoms with van der Waals surface area (Å²) in [6.45, 7) is 9.28. The van der Waals surface area contributed by atoms with E-state index in [1.165, 1.54) is 256 Å². The van der Waals surface area contributed by atoms with Gasteiger partial charge in [-0.3, -0.25) is 4.86 Å². The SMILES string of the molecule is CCCCCCCCCCCP(=S)(CCCCCCCCCCC)NP(=S)(CCCCCCCCCCC)CCCCCCCCCCC. The highest BCUT2D eigenvalue weighted by Crippen LogP contribution is 2.57. The maximum absolute atomic E-state index is 6.75. The van der Waals surface area contributed by atoms with Gasteiger partial charge in [0.1, 0.15) is 0 Å². The highest BCUT2D eigenvalue weighted by molar-refractivity contribution is 8.22. The molecule has 0 aliphatic rings. The third-order valence-electron chi connectivity index (χ3n) is 10.9. The highest BCUT2D eigenvalue weighted by Gasteiger charge is 2.25. The van der Waals surface area contributed by atoms with Crippen LogP contribution in [0.4, 0.5) is 0 Å². The first-order chi connectivity index (χ1) is 23.9. The van der Waals surface area contributed by atoms with Crippen molar-refractivity contribution >= 4 is 36.0 Å². The van der Waals surface area contributed by atoms with Crippen molar-refractivity contribution in [2.24, 2.45) is 0 Å². The smallest absolute Gasteiger partial charge is 0.0164 e. The lowest BCUT2D eigenvalue weighted by atomic mass is 10.1. The summed E-state index contributed by atoms with van der Waals surface area (Å²) in [6.07, 6.45) is 52.3. The molecule has 0 aromatic heterocycles. The fraction of sp³-hybridized carbons (Fsp3) is 1.00. The fourth-order valence-electron chi connectivity index (χ4n) is 7.47. The first kappa shape index (κ1) is 50.3. The van der Waals surface area contributed by atoms with E-state index in [1.54, 1.807) is 0 Å². The molecule has 0 saturated carbocycles. The second-order valence-electron chi connectivity index (χ2n) is 16.1. The molecule has 1 nitrogen and oxygen atoms in total. The lowest BCUT2D eigenvalue weighted by Gasteiger charge is -2.33. The van der Waals surface area contributed by atoms with Crippen LogP contribution in [-0.2, 0) is 23.6 Å². The summed E-state index contributed by atoms with van der Waals surface area (Å²) >= 11 is 13.5. The van der Waals surface area contributed by atoms with Gasteiger partial charge in [-0.2, -0.15) is 0 Å². The van der Waals surface area contributed by atoms with Crippen LogP contribution in [0.1, 0.15) is 259 Å². The molecule has 0 aromatic carbocycles.